The SMILES string of the molecule is Cc1ccc(O)c([C@H](N)[C@H](O)C2CCCC2)c1. The molecule has 1 aliphatic carbocycles. The van der Waals surface area contributed by atoms with Gasteiger partial charge in [0.15, 0.2) is 0 Å². The summed E-state index contributed by atoms with van der Waals surface area (Å²) in [7, 11) is 0. The molecule has 0 spiro atoms. The molecule has 1 fully saturated rings. The Hall–Kier alpha value is -1.06. The van der Waals surface area contributed by atoms with Crippen LogP contribution in [0.4, 0.5) is 0 Å². The highest BCUT2D eigenvalue weighted by atomic mass is 16.3. The van der Waals surface area contributed by atoms with Gasteiger partial charge in [-0.3, -0.25) is 0 Å². The summed E-state index contributed by atoms with van der Waals surface area (Å²) in [4.78, 5) is 0. The zero-order chi connectivity index (χ0) is 12.4. The smallest absolute Gasteiger partial charge is 0.120 e. The van der Waals surface area contributed by atoms with Gasteiger partial charge in [0, 0.05) is 5.56 Å². The fourth-order valence-electron chi connectivity index (χ4n) is 2.72. The Bertz CT molecular complexity index is 386. The monoisotopic (exact) mass is 235 g/mol. The zero-order valence-electron chi connectivity index (χ0n) is 10.3. The lowest BCUT2D eigenvalue weighted by atomic mass is 9.90. The number of aliphatic hydroxyl groups is 1. The van der Waals surface area contributed by atoms with Crippen molar-refractivity contribution in [3.63, 3.8) is 0 Å². The molecule has 0 heterocycles. The van der Waals surface area contributed by atoms with Crippen LogP contribution in [0.15, 0.2) is 18.2 Å². The maximum atomic E-state index is 10.3. The fourth-order valence-corrected chi connectivity index (χ4v) is 2.72. The molecule has 1 aromatic rings. The van der Waals surface area contributed by atoms with Crippen LogP contribution in [0.3, 0.4) is 0 Å². The molecule has 0 aliphatic heterocycles. The van der Waals surface area contributed by atoms with Crippen LogP contribution in [0, 0.1) is 12.8 Å². The Morgan fingerprint density at radius 2 is 1.94 bits per heavy atom. The lowest BCUT2D eigenvalue weighted by Crippen LogP contribution is -2.32. The topological polar surface area (TPSA) is 66.5 Å². The van der Waals surface area contributed by atoms with E-state index in [1.165, 1.54) is 12.8 Å². The number of aryl methyl sites for hydroxylation is 1. The third-order valence-corrected chi connectivity index (χ3v) is 3.79. The number of phenols is 1. The number of phenolic OH excluding ortho intramolecular Hbond substituents is 1. The van der Waals surface area contributed by atoms with E-state index in [1.807, 2.05) is 19.1 Å². The average Bonchev–Trinajstić information content (AvgIpc) is 2.84. The highest BCUT2D eigenvalue weighted by molar-refractivity contribution is 5.38. The van der Waals surface area contributed by atoms with Gasteiger partial charge in [-0.15, -0.1) is 0 Å². The van der Waals surface area contributed by atoms with E-state index in [0.717, 1.165) is 18.4 Å². The largest absolute Gasteiger partial charge is 0.508 e. The van der Waals surface area contributed by atoms with E-state index in [4.69, 9.17) is 5.73 Å². The molecule has 2 atom stereocenters. The Labute approximate surface area is 102 Å². The van der Waals surface area contributed by atoms with Crippen molar-refractivity contribution < 1.29 is 10.2 Å². The van der Waals surface area contributed by atoms with E-state index in [1.54, 1.807) is 6.07 Å². The minimum absolute atomic E-state index is 0.181. The van der Waals surface area contributed by atoms with E-state index in [0.29, 0.717) is 5.56 Å². The Morgan fingerprint density at radius 1 is 1.29 bits per heavy atom. The summed E-state index contributed by atoms with van der Waals surface area (Å²) in [6, 6.07) is 4.86. The second-order valence-corrected chi connectivity index (χ2v) is 5.12. The van der Waals surface area contributed by atoms with E-state index in [2.05, 4.69) is 0 Å². The van der Waals surface area contributed by atoms with Crippen molar-refractivity contribution in [3.05, 3.63) is 29.3 Å². The number of aliphatic hydroxyl groups excluding tert-OH is 1. The molecule has 2 rings (SSSR count). The van der Waals surface area contributed by atoms with Crippen molar-refractivity contribution in [2.75, 3.05) is 0 Å². The van der Waals surface area contributed by atoms with Gasteiger partial charge >= 0.3 is 0 Å². The first kappa shape index (κ1) is 12.4. The van der Waals surface area contributed by atoms with Gasteiger partial charge in [-0.2, -0.15) is 0 Å². The molecule has 0 amide bonds. The summed E-state index contributed by atoms with van der Waals surface area (Å²) in [5.74, 6) is 0.463. The van der Waals surface area contributed by atoms with Crippen LogP contribution < -0.4 is 5.73 Å². The van der Waals surface area contributed by atoms with Crippen LogP contribution in [0.5, 0.6) is 5.75 Å². The fraction of sp³-hybridized carbons (Fsp3) is 0.571. The average molecular weight is 235 g/mol. The van der Waals surface area contributed by atoms with Crippen LogP contribution in [0.1, 0.15) is 42.9 Å². The molecule has 0 radical (unpaired) electrons. The minimum atomic E-state index is -0.551. The predicted octanol–water partition coefficient (Wildman–Crippen LogP) is 2.25. The van der Waals surface area contributed by atoms with Crippen LogP contribution in [-0.2, 0) is 0 Å². The van der Waals surface area contributed by atoms with Crippen molar-refractivity contribution in [2.45, 2.75) is 44.8 Å². The summed E-state index contributed by atoms with van der Waals surface area (Å²) in [6.07, 6.45) is 3.89. The predicted molar refractivity (Wildman–Crippen MR) is 67.7 cm³/mol. The maximum absolute atomic E-state index is 10.3. The van der Waals surface area contributed by atoms with Crippen molar-refractivity contribution >= 4 is 0 Å². The molecule has 4 N–H and O–H groups in total. The van der Waals surface area contributed by atoms with Crippen LogP contribution in [0.25, 0.3) is 0 Å². The first-order valence-electron chi connectivity index (χ1n) is 6.33. The number of nitrogens with two attached hydrogens (primary N) is 1. The summed E-state index contributed by atoms with van der Waals surface area (Å²) in [5.41, 5.74) is 7.78. The zero-order valence-corrected chi connectivity index (χ0v) is 10.3. The summed E-state index contributed by atoms with van der Waals surface area (Å²) >= 11 is 0. The van der Waals surface area contributed by atoms with E-state index in [-0.39, 0.29) is 11.7 Å². The number of benzene rings is 1. The van der Waals surface area contributed by atoms with Gasteiger partial charge in [0.05, 0.1) is 12.1 Å². The number of hydrogen-bond acceptors (Lipinski definition) is 3. The van der Waals surface area contributed by atoms with Crippen molar-refractivity contribution in [2.24, 2.45) is 11.7 Å². The van der Waals surface area contributed by atoms with Gasteiger partial charge in [-0.05, 0) is 31.7 Å². The van der Waals surface area contributed by atoms with Crippen molar-refractivity contribution in [1.29, 1.82) is 0 Å². The molecule has 17 heavy (non-hydrogen) atoms. The molecule has 0 bridgehead atoms. The van der Waals surface area contributed by atoms with Gasteiger partial charge in [0.25, 0.3) is 0 Å². The summed E-state index contributed by atoms with van der Waals surface area (Å²) < 4.78 is 0. The normalized spacial score (nSPS) is 20.4. The first-order chi connectivity index (χ1) is 8.09. The molecule has 94 valence electrons. The molecule has 3 heteroatoms. The quantitative estimate of drug-likeness (QED) is 0.752. The third kappa shape index (κ3) is 2.61. The molecule has 1 aliphatic rings. The maximum Gasteiger partial charge on any atom is 0.120 e. The highest BCUT2D eigenvalue weighted by Gasteiger charge is 2.29. The van der Waals surface area contributed by atoms with E-state index >= 15 is 0 Å². The lowest BCUT2D eigenvalue weighted by Gasteiger charge is -2.25. The van der Waals surface area contributed by atoms with Gasteiger partial charge in [0.1, 0.15) is 5.75 Å². The molecular formula is C14H21NO2. The standard InChI is InChI=1S/C14H21NO2/c1-9-6-7-12(16)11(8-9)13(15)14(17)10-4-2-3-5-10/h6-8,10,13-14,16-17H,2-5,15H2,1H3/t13-,14+/m0/s1. The summed E-state index contributed by atoms with van der Waals surface area (Å²) in [5, 5.41) is 20.1. The van der Waals surface area contributed by atoms with Crippen molar-refractivity contribution in [3.8, 4) is 5.75 Å². The Kier molecular flexibility index (Phi) is 3.69. The molecular weight excluding hydrogens is 214 g/mol. The third-order valence-electron chi connectivity index (χ3n) is 3.79. The molecule has 1 aromatic carbocycles. The molecule has 1 saturated carbocycles. The second kappa shape index (κ2) is 5.07. The highest BCUT2D eigenvalue weighted by Crippen LogP contribution is 2.35. The lowest BCUT2D eigenvalue weighted by molar-refractivity contribution is 0.0836. The molecule has 0 saturated heterocycles. The second-order valence-electron chi connectivity index (χ2n) is 5.12. The van der Waals surface area contributed by atoms with Gasteiger partial charge < -0.3 is 15.9 Å². The Balaban J connectivity index is 2.17. The first-order valence-corrected chi connectivity index (χ1v) is 6.33. The Morgan fingerprint density at radius 3 is 2.59 bits per heavy atom. The van der Waals surface area contributed by atoms with Crippen LogP contribution >= 0.6 is 0 Å². The van der Waals surface area contributed by atoms with Gasteiger partial charge in [-0.25, -0.2) is 0 Å². The molecule has 3 nitrogen and oxygen atoms in total. The van der Waals surface area contributed by atoms with E-state index in [9.17, 15) is 10.2 Å². The number of rotatable bonds is 3. The minimum Gasteiger partial charge on any atom is -0.508 e. The van der Waals surface area contributed by atoms with Crippen molar-refractivity contribution in [1.82, 2.24) is 0 Å². The van der Waals surface area contributed by atoms with E-state index < -0.39 is 12.1 Å². The summed E-state index contributed by atoms with van der Waals surface area (Å²) in [6.45, 7) is 1.96. The molecule has 0 aromatic heterocycles. The van der Waals surface area contributed by atoms with Gasteiger partial charge in [0.2, 0.25) is 0 Å². The number of hydrogen-bond donors (Lipinski definition) is 3. The van der Waals surface area contributed by atoms with Gasteiger partial charge in [-0.1, -0.05) is 30.5 Å². The van der Waals surface area contributed by atoms with Crippen LogP contribution in [0.2, 0.25) is 0 Å². The van der Waals surface area contributed by atoms with Crippen LogP contribution in [-0.4, -0.2) is 16.3 Å². The number of aromatic hydroxyl groups is 1. The molecule has 0 unspecified atom stereocenters.